The molecule has 0 atom stereocenters. The Morgan fingerprint density at radius 1 is 1.03 bits per heavy atom. The van der Waals surface area contributed by atoms with E-state index in [0.29, 0.717) is 46.3 Å². The van der Waals surface area contributed by atoms with Crippen molar-refractivity contribution >= 4 is 33.6 Å². The summed E-state index contributed by atoms with van der Waals surface area (Å²) < 4.78 is 19.9. The number of aliphatic hydroxyl groups excluding tert-OH is 1. The van der Waals surface area contributed by atoms with Crippen LogP contribution in [0.1, 0.15) is 47.4 Å². The first-order valence-corrected chi connectivity index (χ1v) is 12.5. The second kappa shape index (κ2) is 9.91. The molecule has 0 spiro atoms. The number of ketones is 1. The van der Waals surface area contributed by atoms with E-state index in [9.17, 15) is 19.1 Å². The van der Waals surface area contributed by atoms with Gasteiger partial charge in [-0.25, -0.2) is 4.39 Å². The van der Waals surface area contributed by atoms with E-state index in [1.54, 1.807) is 31.4 Å². The van der Waals surface area contributed by atoms with Crippen molar-refractivity contribution in [2.45, 2.75) is 26.7 Å². The Balaban J connectivity index is 1.66. The Hall–Kier alpha value is -4.23. The fraction of sp³-hybridized carbons (Fsp3) is 0.226. The molecule has 38 heavy (non-hydrogen) atoms. The number of rotatable bonds is 8. The standard InChI is InChI=1S/C31H29FN2O4/c1-31(2,17-35)13-11-25(36)20-6-4-5-19(15-20)23-16-24-26(30(37)33-3)28(18-7-9-21(32)10-8-18)38-29(24)22-12-14-34-27(22)23/h4-10,12,14-16,34-35H,11,13,17H2,1-3H3,(H,33,37). The van der Waals surface area contributed by atoms with Crippen LogP contribution in [0.3, 0.4) is 0 Å². The summed E-state index contributed by atoms with van der Waals surface area (Å²) in [6.07, 6.45) is 2.72. The molecule has 194 valence electrons. The van der Waals surface area contributed by atoms with Crippen molar-refractivity contribution in [2.24, 2.45) is 5.41 Å². The molecule has 3 aromatic carbocycles. The van der Waals surface area contributed by atoms with Gasteiger partial charge in [0.2, 0.25) is 0 Å². The third kappa shape index (κ3) is 4.61. The monoisotopic (exact) mass is 512 g/mol. The maximum atomic E-state index is 13.6. The predicted octanol–water partition coefficient (Wildman–Crippen LogP) is 6.73. The van der Waals surface area contributed by atoms with Gasteiger partial charge < -0.3 is 19.8 Å². The number of halogens is 1. The van der Waals surface area contributed by atoms with Crippen molar-refractivity contribution in [3.05, 3.63) is 83.8 Å². The normalized spacial score (nSPS) is 11.8. The molecule has 0 aliphatic carbocycles. The summed E-state index contributed by atoms with van der Waals surface area (Å²) in [7, 11) is 1.55. The Morgan fingerprint density at radius 2 is 1.79 bits per heavy atom. The van der Waals surface area contributed by atoms with Crippen molar-refractivity contribution < 1.29 is 23.5 Å². The lowest BCUT2D eigenvalue weighted by Gasteiger charge is -2.20. The van der Waals surface area contributed by atoms with Crippen LogP contribution in [0.15, 0.2) is 71.3 Å². The summed E-state index contributed by atoms with van der Waals surface area (Å²) in [6, 6.07) is 17.0. The molecule has 0 fully saturated rings. The van der Waals surface area contributed by atoms with Crippen LogP contribution in [0.4, 0.5) is 4.39 Å². The first-order chi connectivity index (χ1) is 18.2. The highest BCUT2D eigenvalue weighted by Crippen LogP contribution is 2.41. The molecule has 0 unspecified atom stereocenters. The Labute approximate surface area is 219 Å². The average molecular weight is 513 g/mol. The lowest BCUT2D eigenvalue weighted by Crippen LogP contribution is -2.18. The number of aromatic nitrogens is 1. The molecule has 0 aliphatic rings. The number of carbonyl (C=O) groups is 2. The molecule has 6 nitrogen and oxygen atoms in total. The van der Waals surface area contributed by atoms with Gasteiger partial charge >= 0.3 is 0 Å². The number of amides is 1. The lowest BCUT2D eigenvalue weighted by molar-refractivity contribution is 0.0931. The zero-order valence-corrected chi connectivity index (χ0v) is 21.5. The van der Waals surface area contributed by atoms with Crippen molar-refractivity contribution in [3.8, 4) is 22.5 Å². The molecule has 0 radical (unpaired) electrons. The molecular formula is C31H29FN2O4. The fourth-order valence-electron chi connectivity index (χ4n) is 4.70. The molecule has 0 saturated heterocycles. The van der Waals surface area contributed by atoms with Gasteiger partial charge in [-0.1, -0.05) is 32.0 Å². The van der Waals surface area contributed by atoms with Crippen LogP contribution in [-0.4, -0.2) is 35.4 Å². The van der Waals surface area contributed by atoms with Crippen LogP contribution in [0.2, 0.25) is 0 Å². The van der Waals surface area contributed by atoms with E-state index in [2.05, 4.69) is 10.3 Å². The zero-order valence-electron chi connectivity index (χ0n) is 21.5. The number of carbonyl (C=O) groups excluding carboxylic acids is 2. The summed E-state index contributed by atoms with van der Waals surface area (Å²) in [5.74, 6) is -0.338. The average Bonchev–Trinajstić information content (AvgIpc) is 3.56. The van der Waals surface area contributed by atoms with Gasteiger partial charge in [0.05, 0.1) is 11.1 Å². The maximum Gasteiger partial charge on any atom is 0.255 e. The highest BCUT2D eigenvalue weighted by molar-refractivity contribution is 6.19. The lowest BCUT2D eigenvalue weighted by atomic mass is 9.87. The SMILES string of the molecule is CNC(=O)c1c(-c2ccc(F)cc2)oc2c1cc(-c1cccc(C(=O)CCC(C)(C)CO)c1)c1[nH]ccc12. The van der Waals surface area contributed by atoms with E-state index in [4.69, 9.17) is 4.42 Å². The summed E-state index contributed by atoms with van der Waals surface area (Å²) in [5, 5.41) is 13.6. The number of hydrogen-bond donors (Lipinski definition) is 3. The molecule has 2 aromatic heterocycles. The third-order valence-electron chi connectivity index (χ3n) is 7.01. The van der Waals surface area contributed by atoms with E-state index in [0.717, 1.165) is 22.0 Å². The minimum Gasteiger partial charge on any atom is -0.454 e. The minimum atomic E-state index is -0.379. The number of fused-ring (bicyclic) bond motifs is 3. The molecule has 7 heteroatoms. The van der Waals surface area contributed by atoms with E-state index >= 15 is 0 Å². The third-order valence-corrected chi connectivity index (χ3v) is 7.01. The number of aliphatic hydroxyl groups is 1. The second-order valence-electron chi connectivity index (χ2n) is 10.3. The van der Waals surface area contributed by atoms with Crippen molar-refractivity contribution in [3.63, 3.8) is 0 Å². The van der Waals surface area contributed by atoms with Crippen LogP contribution < -0.4 is 5.32 Å². The van der Waals surface area contributed by atoms with E-state index in [1.165, 1.54) is 12.1 Å². The van der Waals surface area contributed by atoms with Gasteiger partial charge in [-0.3, -0.25) is 9.59 Å². The second-order valence-corrected chi connectivity index (χ2v) is 10.3. The molecule has 5 aromatic rings. The van der Waals surface area contributed by atoms with Crippen LogP contribution in [0.5, 0.6) is 0 Å². The summed E-state index contributed by atoms with van der Waals surface area (Å²) in [4.78, 5) is 29.4. The fourth-order valence-corrected chi connectivity index (χ4v) is 4.70. The minimum absolute atomic E-state index is 0.00476. The molecule has 3 N–H and O–H groups in total. The summed E-state index contributed by atoms with van der Waals surface area (Å²) >= 11 is 0. The highest BCUT2D eigenvalue weighted by Gasteiger charge is 2.25. The van der Waals surface area contributed by atoms with Crippen molar-refractivity contribution in [1.82, 2.24) is 10.3 Å². The van der Waals surface area contributed by atoms with E-state index in [-0.39, 0.29) is 29.5 Å². The number of furan rings is 1. The van der Waals surface area contributed by atoms with Gasteiger partial charge in [0, 0.05) is 53.7 Å². The van der Waals surface area contributed by atoms with Crippen LogP contribution in [-0.2, 0) is 0 Å². The molecule has 0 aliphatic heterocycles. The molecule has 1 amide bonds. The maximum absolute atomic E-state index is 13.6. The van der Waals surface area contributed by atoms with Gasteiger partial charge in [0.1, 0.15) is 17.2 Å². The predicted molar refractivity (Wildman–Crippen MR) is 147 cm³/mol. The summed E-state index contributed by atoms with van der Waals surface area (Å²) in [6.45, 7) is 3.88. The number of hydrogen-bond acceptors (Lipinski definition) is 4. The van der Waals surface area contributed by atoms with Gasteiger partial charge in [0.15, 0.2) is 5.78 Å². The van der Waals surface area contributed by atoms with Crippen molar-refractivity contribution in [2.75, 3.05) is 13.7 Å². The topological polar surface area (TPSA) is 95.3 Å². The van der Waals surface area contributed by atoms with Gasteiger partial charge in [0.25, 0.3) is 5.91 Å². The van der Waals surface area contributed by atoms with Crippen molar-refractivity contribution in [1.29, 1.82) is 0 Å². The number of H-pyrrole nitrogens is 1. The molecule has 2 heterocycles. The van der Waals surface area contributed by atoms with E-state index in [1.807, 2.05) is 44.2 Å². The number of benzene rings is 3. The largest absolute Gasteiger partial charge is 0.454 e. The van der Waals surface area contributed by atoms with Gasteiger partial charge in [-0.15, -0.1) is 0 Å². The van der Waals surface area contributed by atoms with Crippen LogP contribution >= 0.6 is 0 Å². The quantitative estimate of drug-likeness (QED) is 0.201. The first kappa shape index (κ1) is 25.4. The van der Waals surface area contributed by atoms with Crippen LogP contribution in [0.25, 0.3) is 44.3 Å². The van der Waals surface area contributed by atoms with Crippen LogP contribution in [0, 0.1) is 11.2 Å². The number of aromatic amines is 1. The highest BCUT2D eigenvalue weighted by atomic mass is 19.1. The molecule has 0 saturated carbocycles. The first-order valence-electron chi connectivity index (χ1n) is 12.5. The number of nitrogens with one attached hydrogen (secondary N) is 2. The summed E-state index contributed by atoms with van der Waals surface area (Å²) in [5.41, 5.74) is 4.20. The molecular weight excluding hydrogens is 483 g/mol. The number of Topliss-reactive ketones (excluding diaryl/α,β-unsaturated/α-hetero) is 1. The molecule has 5 rings (SSSR count). The Morgan fingerprint density at radius 3 is 2.50 bits per heavy atom. The smallest absolute Gasteiger partial charge is 0.255 e. The van der Waals surface area contributed by atoms with E-state index < -0.39 is 0 Å². The Bertz CT molecular complexity index is 1660. The molecule has 0 bridgehead atoms. The van der Waals surface area contributed by atoms with Gasteiger partial charge in [-0.2, -0.15) is 0 Å². The zero-order chi connectivity index (χ0) is 27.0. The van der Waals surface area contributed by atoms with Gasteiger partial charge in [-0.05, 0) is 59.9 Å². The Kier molecular flexibility index (Phi) is 6.63.